The lowest BCUT2D eigenvalue weighted by Gasteiger charge is -2.23. The number of Topliss-reactive ketones (excluding diaryl/α,β-unsaturated/α-hetero) is 1. The maximum absolute atomic E-state index is 13.3. The van der Waals surface area contributed by atoms with Gasteiger partial charge in [-0.05, 0) is 12.5 Å². The minimum Gasteiger partial charge on any atom is -0.383 e. The predicted molar refractivity (Wildman–Crippen MR) is 90.1 cm³/mol. The number of benzene rings is 1. The minimum absolute atomic E-state index is 0.127. The molecule has 27 heavy (non-hydrogen) atoms. The lowest BCUT2D eigenvalue weighted by molar-refractivity contribution is -0.253. The molecule has 1 aromatic carbocycles. The monoisotopic (exact) mass is 385 g/mol. The summed E-state index contributed by atoms with van der Waals surface area (Å²) in [5.74, 6) is -1.06. The average Bonchev–Trinajstić information content (AvgIpc) is 2.58. The molecule has 2 rings (SSSR count). The number of nitrogen functional groups attached to an aromatic ring is 1. The van der Waals surface area contributed by atoms with Crippen LogP contribution in [0.2, 0.25) is 0 Å². The van der Waals surface area contributed by atoms with Gasteiger partial charge in [-0.1, -0.05) is 30.3 Å². The Labute approximate surface area is 152 Å². The van der Waals surface area contributed by atoms with Crippen molar-refractivity contribution in [3.63, 3.8) is 0 Å². The average molecular weight is 385 g/mol. The molecule has 0 saturated carbocycles. The van der Waals surface area contributed by atoms with E-state index in [1.165, 1.54) is 0 Å². The zero-order chi connectivity index (χ0) is 20.0. The summed E-state index contributed by atoms with van der Waals surface area (Å²) in [4.78, 5) is 26.6. The van der Waals surface area contributed by atoms with Crippen molar-refractivity contribution in [2.75, 3.05) is 18.9 Å². The van der Waals surface area contributed by atoms with Crippen molar-refractivity contribution in [1.82, 2.24) is 9.55 Å². The van der Waals surface area contributed by atoms with Gasteiger partial charge >= 0.3 is 11.9 Å². The number of hydrogen-bond acceptors (Lipinski definition) is 6. The summed E-state index contributed by atoms with van der Waals surface area (Å²) in [6.45, 7) is 0.753. The molecule has 0 saturated heterocycles. The van der Waals surface area contributed by atoms with E-state index in [-0.39, 0.29) is 23.3 Å². The molecule has 0 aliphatic carbocycles. The van der Waals surface area contributed by atoms with Gasteiger partial charge in [0.15, 0.2) is 5.78 Å². The maximum Gasteiger partial charge on any atom is 0.434 e. The molecule has 2 aromatic rings. The Morgan fingerprint density at radius 1 is 1.26 bits per heavy atom. The number of hydrogen-bond donors (Lipinski definition) is 1. The van der Waals surface area contributed by atoms with E-state index in [2.05, 4.69) is 4.98 Å². The molecule has 1 aromatic heterocycles. The number of anilines is 1. The fourth-order valence-electron chi connectivity index (χ4n) is 2.24. The second-order valence-electron chi connectivity index (χ2n) is 5.59. The second kappa shape index (κ2) is 8.78. The van der Waals surface area contributed by atoms with Crippen molar-refractivity contribution in [3.05, 3.63) is 58.1 Å². The Hall–Kier alpha value is -2.72. The Morgan fingerprint density at radius 3 is 2.52 bits per heavy atom. The van der Waals surface area contributed by atoms with Crippen molar-refractivity contribution >= 4 is 11.6 Å². The number of carbonyl (C=O) groups is 1. The Bertz CT molecular complexity index is 838. The molecule has 10 heteroatoms. The Balaban J connectivity index is 2.07. The third-order valence-electron chi connectivity index (χ3n) is 3.51. The van der Waals surface area contributed by atoms with Crippen LogP contribution in [0.5, 0.6) is 0 Å². The molecule has 0 aliphatic heterocycles. The van der Waals surface area contributed by atoms with Gasteiger partial charge in [0.05, 0.1) is 25.4 Å². The molecule has 146 valence electrons. The fourth-order valence-corrected chi connectivity index (χ4v) is 2.24. The molecule has 1 heterocycles. The number of ether oxygens (including phenoxy) is 2. The van der Waals surface area contributed by atoms with Gasteiger partial charge < -0.3 is 15.2 Å². The summed E-state index contributed by atoms with van der Waals surface area (Å²) in [7, 11) is 0. The largest absolute Gasteiger partial charge is 0.434 e. The standard InChI is InChI=1S/C17H18F3N3O4/c1-11(24)13-9-23(16(25)22-14(13)21)15(17(18,19)20)27-8-7-26-10-12-5-3-2-4-6-12/h2-6,9,15H,7-8,10H2,1H3,(H2,21,22,25). The third-order valence-corrected chi connectivity index (χ3v) is 3.51. The number of aromatic nitrogens is 2. The van der Waals surface area contributed by atoms with Crippen LogP contribution in [0.4, 0.5) is 19.0 Å². The predicted octanol–water partition coefficient (Wildman–Crippen LogP) is 2.32. The van der Waals surface area contributed by atoms with Crippen LogP contribution in [-0.2, 0) is 16.1 Å². The summed E-state index contributed by atoms with van der Waals surface area (Å²) in [5.41, 5.74) is 4.69. The number of alkyl halides is 3. The first kappa shape index (κ1) is 20.6. The first-order chi connectivity index (χ1) is 12.7. The number of nitrogens with zero attached hydrogens (tertiary/aromatic N) is 2. The molecule has 0 amide bonds. The van der Waals surface area contributed by atoms with E-state index in [0.717, 1.165) is 12.5 Å². The van der Waals surface area contributed by atoms with E-state index in [4.69, 9.17) is 15.2 Å². The normalized spacial score (nSPS) is 12.7. The van der Waals surface area contributed by atoms with Gasteiger partial charge in [0.25, 0.3) is 0 Å². The molecule has 0 spiro atoms. The van der Waals surface area contributed by atoms with Crippen LogP contribution in [-0.4, -0.2) is 34.7 Å². The van der Waals surface area contributed by atoms with Crippen LogP contribution >= 0.6 is 0 Å². The topological polar surface area (TPSA) is 96.4 Å². The van der Waals surface area contributed by atoms with Crippen LogP contribution in [0.1, 0.15) is 29.1 Å². The maximum atomic E-state index is 13.3. The van der Waals surface area contributed by atoms with Crippen LogP contribution in [0.3, 0.4) is 0 Å². The highest BCUT2D eigenvalue weighted by atomic mass is 19.4. The first-order valence-electron chi connectivity index (χ1n) is 7.89. The van der Waals surface area contributed by atoms with Gasteiger partial charge in [0.2, 0.25) is 6.23 Å². The number of carbonyl (C=O) groups excluding carboxylic acids is 1. The number of nitrogens with two attached hydrogens (primary N) is 1. The third kappa shape index (κ3) is 5.63. The molecular weight excluding hydrogens is 367 g/mol. The van der Waals surface area contributed by atoms with E-state index in [1.807, 2.05) is 30.3 Å². The number of rotatable bonds is 8. The van der Waals surface area contributed by atoms with Crippen molar-refractivity contribution in [3.8, 4) is 0 Å². The van der Waals surface area contributed by atoms with Crippen LogP contribution in [0.15, 0.2) is 41.3 Å². The molecule has 0 fully saturated rings. The highest BCUT2D eigenvalue weighted by Gasteiger charge is 2.43. The molecule has 2 N–H and O–H groups in total. The van der Waals surface area contributed by atoms with Crippen LogP contribution < -0.4 is 11.4 Å². The first-order valence-corrected chi connectivity index (χ1v) is 7.89. The number of halogens is 3. The summed E-state index contributed by atoms with van der Waals surface area (Å²) < 4.78 is 50.2. The van der Waals surface area contributed by atoms with Gasteiger partial charge in [-0.3, -0.25) is 9.36 Å². The minimum atomic E-state index is -4.91. The van der Waals surface area contributed by atoms with Gasteiger partial charge in [0, 0.05) is 6.20 Å². The van der Waals surface area contributed by atoms with Gasteiger partial charge in [-0.25, -0.2) is 4.79 Å². The molecule has 0 radical (unpaired) electrons. The summed E-state index contributed by atoms with van der Waals surface area (Å²) in [6, 6.07) is 9.06. The highest BCUT2D eigenvalue weighted by Crippen LogP contribution is 2.31. The van der Waals surface area contributed by atoms with Gasteiger partial charge in [-0.2, -0.15) is 18.2 Å². The molecule has 1 unspecified atom stereocenters. The molecular formula is C17H18F3N3O4. The molecule has 1 atom stereocenters. The summed E-state index contributed by atoms with van der Waals surface area (Å²) in [6.07, 6.45) is -6.82. The van der Waals surface area contributed by atoms with Gasteiger partial charge in [-0.15, -0.1) is 0 Å². The Kier molecular flexibility index (Phi) is 6.70. The molecule has 0 aliphatic rings. The van der Waals surface area contributed by atoms with Gasteiger partial charge in [0.1, 0.15) is 5.82 Å². The molecule has 7 nitrogen and oxygen atoms in total. The van der Waals surface area contributed by atoms with Crippen molar-refractivity contribution < 1.29 is 27.4 Å². The summed E-state index contributed by atoms with van der Waals surface area (Å²) in [5, 5.41) is 0. The van der Waals surface area contributed by atoms with Crippen molar-refractivity contribution in [1.29, 1.82) is 0 Å². The lowest BCUT2D eigenvalue weighted by Crippen LogP contribution is -2.38. The van der Waals surface area contributed by atoms with E-state index in [1.54, 1.807) is 0 Å². The quantitative estimate of drug-likeness (QED) is 0.553. The molecule has 0 bridgehead atoms. The van der Waals surface area contributed by atoms with Crippen LogP contribution in [0.25, 0.3) is 0 Å². The SMILES string of the molecule is CC(=O)c1cn(C(OCCOCc2ccccc2)C(F)(F)F)c(=O)nc1N. The van der Waals surface area contributed by atoms with E-state index in [0.29, 0.717) is 6.20 Å². The van der Waals surface area contributed by atoms with E-state index in [9.17, 15) is 22.8 Å². The summed E-state index contributed by atoms with van der Waals surface area (Å²) >= 11 is 0. The van der Waals surface area contributed by atoms with E-state index < -0.39 is 36.3 Å². The van der Waals surface area contributed by atoms with Crippen molar-refractivity contribution in [2.24, 2.45) is 0 Å². The second-order valence-corrected chi connectivity index (χ2v) is 5.59. The van der Waals surface area contributed by atoms with Crippen LogP contribution in [0, 0.1) is 0 Å². The highest BCUT2D eigenvalue weighted by molar-refractivity contribution is 5.97. The van der Waals surface area contributed by atoms with Crippen molar-refractivity contribution in [2.45, 2.75) is 25.9 Å². The fraction of sp³-hybridized carbons (Fsp3) is 0.353. The zero-order valence-electron chi connectivity index (χ0n) is 14.4. The van der Waals surface area contributed by atoms with E-state index >= 15 is 0 Å². The number of ketones is 1. The zero-order valence-corrected chi connectivity index (χ0v) is 14.4. The Morgan fingerprint density at radius 2 is 1.93 bits per heavy atom. The lowest BCUT2D eigenvalue weighted by atomic mass is 10.2. The smallest absolute Gasteiger partial charge is 0.383 e.